The maximum absolute atomic E-state index is 13.8. The molecule has 0 spiro atoms. The predicted octanol–water partition coefficient (Wildman–Crippen LogP) is 2.56. The van der Waals surface area contributed by atoms with E-state index in [4.69, 9.17) is 9.57 Å². The van der Waals surface area contributed by atoms with Crippen LogP contribution in [-0.4, -0.2) is 50.8 Å². The number of ether oxygens (including phenoxy) is 1. The molecule has 0 atom stereocenters. The highest BCUT2D eigenvalue weighted by atomic mass is 32.2. The molecule has 0 fully saturated rings. The summed E-state index contributed by atoms with van der Waals surface area (Å²) in [5, 5.41) is 20.2. The number of sulfonamides is 1. The molecular weight excluding hydrogens is 488 g/mol. The van der Waals surface area contributed by atoms with Crippen LogP contribution in [0.2, 0.25) is 0 Å². The SMILES string of the molecule is COc1cc(C=Nc2ccccc2N(OC(C)C)C2=NS(=O)(=O)c3cc(B(O)O)ccc32)ccc1F. The van der Waals surface area contributed by atoms with Gasteiger partial charge in [-0.1, -0.05) is 30.3 Å². The summed E-state index contributed by atoms with van der Waals surface area (Å²) < 4.78 is 48.4. The first kappa shape index (κ1) is 25.5. The molecule has 0 unspecified atom stereocenters. The number of hydrogen-bond acceptors (Lipinski definition) is 8. The predicted molar refractivity (Wildman–Crippen MR) is 135 cm³/mol. The third-order valence-corrected chi connectivity index (χ3v) is 6.47. The van der Waals surface area contributed by atoms with Crippen LogP contribution in [0.15, 0.2) is 74.9 Å². The van der Waals surface area contributed by atoms with Crippen molar-refractivity contribution in [2.45, 2.75) is 24.8 Å². The fourth-order valence-corrected chi connectivity index (χ4v) is 4.75. The van der Waals surface area contributed by atoms with Crippen molar-refractivity contribution in [2.75, 3.05) is 12.2 Å². The molecule has 0 saturated heterocycles. The van der Waals surface area contributed by atoms with Crippen LogP contribution in [0.3, 0.4) is 0 Å². The molecule has 0 aromatic heterocycles. The second-order valence-corrected chi connectivity index (χ2v) is 9.68. The quantitative estimate of drug-likeness (QED) is 0.284. The monoisotopic (exact) mass is 511 g/mol. The van der Waals surface area contributed by atoms with E-state index in [1.165, 1.54) is 48.7 Å². The van der Waals surface area contributed by atoms with E-state index < -0.39 is 23.0 Å². The van der Waals surface area contributed by atoms with Crippen LogP contribution in [0.25, 0.3) is 0 Å². The van der Waals surface area contributed by atoms with E-state index in [0.29, 0.717) is 16.9 Å². The number of nitrogens with zero attached hydrogens (tertiary/aromatic N) is 3. The smallest absolute Gasteiger partial charge is 0.488 e. The lowest BCUT2D eigenvalue weighted by atomic mass is 9.80. The molecule has 3 aromatic carbocycles. The zero-order valence-corrected chi connectivity index (χ0v) is 20.5. The minimum absolute atomic E-state index is 0.00350. The van der Waals surface area contributed by atoms with Gasteiger partial charge in [0.2, 0.25) is 0 Å². The first-order valence-corrected chi connectivity index (χ1v) is 12.3. The third-order valence-electron chi connectivity index (χ3n) is 5.17. The summed E-state index contributed by atoms with van der Waals surface area (Å²) in [7, 11) is -4.59. The number of hydroxylamine groups is 1. The van der Waals surface area contributed by atoms with Crippen LogP contribution < -0.4 is 15.3 Å². The standard InChI is InChI=1S/C24H23BFN3O6S/c1-15(2)35-29(24-18-10-9-17(25(30)31)13-23(18)36(32,33)28-24)21-7-5-4-6-20(21)27-14-16-8-11-19(26)22(12-16)34-3/h4-15,30-31H,1-3H3. The van der Waals surface area contributed by atoms with Crippen molar-refractivity contribution in [1.29, 1.82) is 0 Å². The number of methoxy groups -OCH3 is 1. The largest absolute Gasteiger partial charge is 0.494 e. The highest BCUT2D eigenvalue weighted by Gasteiger charge is 2.35. The molecule has 0 amide bonds. The third kappa shape index (κ3) is 5.16. The van der Waals surface area contributed by atoms with E-state index in [-0.39, 0.29) is 33.6 Å². The Morgan fingerprint density at radius 3 is 2.56 bits per heavy atom. The van der Waals surface area contributed by atoms with Gasteiger partial charge in [-0.3, -0.25) is 9.83 Å². The molecule has 0 saturated carbocycles. The molecule has 36 heavy (non-hydrogen) atoms. The van der Waals surface area contributed by atoms with Gasteiger partial charge in [-0.05, 0) is 55.2 Å². The molecule has 1 aliphatic heterocycles. The van der Waals surface area contributed by atoms with E-state index >= 15 is 0 Å². The first-order valence-electron chi connectivity index (χ1n) is 10.9. The molecule has 1 aliphatic rings. The number of para-hydroxylation sites is 2. The first-order chi connectivity index (χ1) is 17.1. The van der Waals surface area contributed by atoms with Crippen molar-refractivity contribution in [3.63, 3.8) is 0 Å². The summed E-state index contributed by atoms with van der Waals surface area (Å²) in [4.78, 5) is 10.3. The van der Waals surface area contributed by atoms with Crippen LogP contribution in [0.1, 0.15) is 25.0 Å². The number of halogens is 1. The Morgan fingerprint density at radius 2 is 1.86 bits per heavy atom. The Bertz CT molecular complexity index is 1460. The Balaban J connectivity index is 1.79. The second-order valence-electron chi connectivity index (χ2n) is 8.11. The molecule has 0 aliphatic carbocycles. The van der Waals surface area contributed by atoms with Crippen molar-refractivity contribution < 1.29 is 32.4 Å². The number of anilines is 1. The van der Waals surface area contributed by atoms with Crippen LogP contribution in [0, 0.1) is 5.82 Å². The molecule has 0 bridgehead atoms. The summed E-state index contributed by atoms with van der Waals surface area (Å²) in [5.74, 6) is -0.419. The van der Waals surface area contributed by atoms with Gasteiger partial charge in [0, 0.05) is 11.8 Å². The van der Waals surface area contributed by atoms with E-state index in [2.05, 4.69) is 9.39 Å². The Hall–Kier alpha value is -3.58. The molecule has 2 N–H and O–H groups in total. The molecular formula is C24H23BFN3O6S. The van der Waals surface area contributed by atoms with E-state index in [1.54, 1.807) is 44.2 Å². The van der Waals surface area contributed by atoms with Gasteiger partial charge in [0.1, 0.15) is 4.90 Å². The van der Waals surface area contributed by atoms with Gasteiger partial charge >= 0.3 is 7.12 Å². The fraction of sp³-hybridized carbons (Fsp3) is 0.167. The zero-order chi connectivity index (χ0) is 26.0. The number of benzene rings is 3. The number of amidine groups is 1. The van der Waals surface area contributed by atoms with Crippen molar-refractivity contribution in [3.05, 3.63) is 77.6 Å². The van der Waals surface area contributed by atoms with E-state index in [1.807, 2.05) is 0 Å². The second kappa shape index (κ2) is 10.2. The minimum Gasteiger partial charge on any atom is -0.494 e. The van der Waals surface area contributed by atoms with Gasteiger partial charge < -0.3 is 14.8 Å². The lowest BCUT2D eigenvalue weighted by Crippen LogP contribution is -2.34. The normalized spacial score (nSPS) is 14.1. The average Bonchev–Trinajstić information content (AvgIpc) is 3.12. The van der Waals surface area contributed by atoms with E-state index in [0.717, 1.165) is 0 Å². The highest BCUT2D eigenvalue weighted by Crippen LogP contribution is 2.35. The summed E-state index contributed by atoms with van der Waals surface area (Å²) in [5.41, 5.74) is 1.68. The van der Waals surface area contributed by atoms with Gasteiger partial charge in [0.25, 0.3) is 10.0 Å². The van der Waals surface area contributed by atoms with Crippen LogP contribution in [0.5, 0.6) is 5.75 Å². The van der Waals surface area contributed by atoms with Crippen molar-refractivity contribution in [3.8, 4) is 5.75 Å². The maximum Gasteiger partial charge on any atom is 0.488 e. The lowest BCUT2D eigenvalue weighted by molar-refractivity contribution is 0.0862. The van der Waals surface area contributed by atoms with Gasteiger partial charge in [0.15, 0.2) is 17.4 Å². The molecule has 4 rings (SSSR count). The summed E-state index contributed by atoms with van der Waals surface area (Å²) >= 11 is 0. The maximum atomic E-state index is 13.8. The number of fused-ring (bicyclic) bond motifs is 1. The molecule has 1 heterocycles. The van der Waals surface area contributed by atoms with E-state index in [9.17, 15) is 22.9 Å². The van der Waals surface area contributed by atoms with Gasteiger partial charge in [-0.15, -0.1) is 4.40 Å². The minimum atomic E-state index is -4.12. The summed E-state index contributed by atoms with van der Waals surface area (Å²) in [6.07, 6.45) is 1.15. The molecule has 0 radical (unpaired) electrons. The highest BCUT2D eigenvalue weighted by molar-refractivity contribution is 7.90. The number of rotatable bonds is 7. The van der Waals surface area contributed by atoms with Crippen LogP contribution in [0.4, 0.5) is 15.8 Å². The molecule has 9 nitrogen and oxygen atoms in total. The zero-order valence-electron chi connectivity index (χ0n) is 19.7. The lowest BCUT2D eigenvalue weighted by Gasteiger charge is -2.26. The van der Waals surface area contributed by atoms with Gasteiger partial charge in [-0.2, -0.15) is 13.5 Å². The average molecular weight is 511 g/mol. The van der Waals surface area contributed by atoms with Crippen molar-refractivity contribution in [1.82, 2.24) is 0 Å². The molecule has 12 heteroatoms. The Labute approximate surface area is 208 Å². The Kier molecular flexibility index (Phi) is 7.22. The van der Waals surface area contributed by atoms with Crippen LogP contribution in [-0.2, 0) is 14.9 Å². The van der Waals surface area contributed by atoms with Crippen molar-refractivity contribution >= 4 is 46.0 Å². The van der Waals surface area contributed by atoms with Crippen LogP contribution >= 0.6 is 0 Å². The fourth-order valence-electron chi connectivity index (χ4n) is 3.53. The Morgan fingerprint density at radius 1 is 1.11 bits per heavy atom. The summed E-state index contributed by atoms with van der Waals surface area (Å²) in [6.45, 7) is 3.56. The summed E-state index contributed by atoms with van der Waals surface area (Å²) in [6, 6.07) is 15.2. The topological polar surface area (TPSA) is 121 Å². The molecule has 3 aromatic rings. The van der Waals surface area contributed by atoms with Gasteiger partial charge in [0.05, 0.1) is 24.6 Å². The van der Waals surface area contributed by atoms with Crippen molar-refractivity contribution in [2.24, 2.45) is 9.39 Å². The molecule has 186 valence electrons. The van der Waals surface area contributed by atoms with Gasteiger partial charge in [-0.25, -0.2) is 4.39 Å². The number of aliphatic imine (C=N–C) groups is 1. The number of hydrogen-bond donors (Lipinski definition) is 2.